The largest absolute Gasteiger partial charge is 0.369 e. The van der Waals surface area contributed by atoms with E-state index in [0.717, 1.165) is 12.8 Å². The molecule has 2 N–H and O–H groups in total. The summed E-state index contributed by atoms with van der Waals surface area (Å²) in [4.78, 5) is 4.40. The quantitative estimate of drug-likeness (QED) is 0.832. The van der Waals surface area contributed by atoms with E-state index in [2.05, 4.69) is 31.0 Å². The summed E-state index contributed by atoms with van der Waals surface area (Å²) in [6.07, 6.45) is 6.15. The standard InChI is InChI=1S/C14H20BrN3O2S/c1-2-16-14-13(7-11(15)8-17-14)21(19,20)18-12-6-9-3-4-10(12)5-9/h7-10,12,18H,2-6H2,1H3,(H,16,17). The predicted molar refractivity (Wildman–Crippen MR) is 85.7 cm³/mol. The monoisotopic (exact) mass is 373 g/mol. The molecule has 0 aromatic carbocycles. The van der Waals surface area contributed by atoms with Crippen LogP contribution in [0.15, 0.2) is 21.6 Å². The van der Waals surface area contributed by atoms with E-state index in [4.69, 9.17) is 0 Å². The topological polar surface area (TPSA) is 71.1 Å². The van der Waals surface area contributed by atoms with Gasteiger partial charge in [-0.15, -0.1) is 0 Å². The maximum absolute atomic E-state index is 12.7. The summed E-state index contributed by atoms with van der Waals surface area (Å²) in [6.45, 7) is 2.55. The van der Waals surface area contributed by atoms with Crippen LogP contribution >= 0.6 is 15.9 Å². The second kappa shape index (κ2) is 5.85. The van der Waals surface area contributed by atoms with Crippen molar-refractivity contribution >= 4 is 31.8 Å². The first kappa shape index (κ1) is 15.2. The number of sulfonamides is 1. The van der Waals surface area contributed by atoms with E-state index in [1.807, 2.05) is 6.92 Å². The molecule has 21 heavy (non-hydrogen) atoms. The van der Waals surface area contributed by atoms with E-state index in [1.54, 1.807) is 12.3 Å². The Labute approximate surface area is 134 Å². The van der Waals surface area contributed by atoms with Gasteiger partial charge in [0, 0.05) is 23.3 Å². The number of nitrogens with one attached hydrogen (secondary N) is 2. The number of halogens is 1. The Morgan fingerprint density at radius 2 is 2.19 bits per heavy atom. The lowest BCUT2D eigenvalue weighted by molar-refractivity contribution is 0.390. The van der Waals surface area contributed by atoms with Crippen molar-refractivity contribution in [2.45, 2.75) is 43.5 Å². The lowest BCUT2D eigenvalue weighted by Crippen LogP contribution is -2.38. The van der Waals surface area contributed by atoms with Crippen LogP contribution in [0.5, 0.6) is 0 Å². The van der Waals surface area contributed by atoms with Crippen LogP contribution in [0.2, 0.25) is 0 Å². The van der Waals surface area contributed by atoms with Crippen LogP contribution in [0.4, 0.5) is 5.82 Å². The number of nitrogens with zero attached hydrogens (tertiary/aromatic N) is 1. The third-order valence-corrected chi connectivity index (χ3v) is 6.43. The van der Waals surface area contributed by atoms with Gasteiger partial charge in [-0.3, -0.25) is 0 Å². The molecule has 2 saturated carbocycles. The van der Waals surface area contributed by atoms with E-state index in [0.29, 0.717) is 28.7 Å². The molecule has 5 nitrogen and oxygen atoms in total. The fourth-order valence-electron chi connectivity index (χ4n) is 3.58. The van der Waals surface area contributed by atoms with E-state index in [1.165, 1.54) is 12.8 Å². The fraction of sp³-hybridized carbons (Fsp3) is 0.643. The second-order valence-electron chi connectivity index (χ2n) is 5.93. The lowest BCUT2D eigenvalue weighted by atomic mass is 9.96. The first-order valence-corrected chi connectivity index (χ1v) is 9.69. The number of aromatic nitrogens is 1. The highest BCUT2D eigenvalue weighted by Gasteiger charge is 2.41. The van der Waals surface area contributed by atoms with Gasteiger partial charge in [0.15, 0.2) is 0 Å². The zero-order valence-electron chi connectivity index (χ0n) is 12.0. The van der Waals surface area contributed by atoms with E-state index < -0.39 is 10.0 Å². The van der Waals surface area contributed by atoms with Crippen molar-refractivity contribution in [3.8, 4) is 0 Å². The Bertz CT molecular complexity index is 635. The van der Waals surface area contributed by atoms with E-state index in [-0.39, 0.29) is 10.9 Å². The molecule has 0 spiro atoms. The fourth-order valence-corrected chi connectivity index (χ4v) is 5.54. The van der Waals surface area contributed by atoms with Crippen molar-refractivity contribution < 1.29 is 8.42 Å². The molecule has 2 bridgehead atoms. The third kappa shape index (κ3) is 3.10. The van der Waals surface area contributed by atoms with Crippen molar-refractivity contribution in [3.63, 3.8) is 0 Å². The minimum atomic E-state index is -3.55. The number of fused-ring (bicyclic) bond motifs is 2. The second-order valence-corrected chi connectivity index (χ2v) is 8.53. The molecule has 7 heteroatoms. The Morgan fingerprint density at radius 3 is 2.81 bits per heavy atom. The molecule has 0 aliphatic heterocycles. The zero-order chi connectivity index (χ0) is 15.0. The number of hydrogen-bond donors (Lipinski definition) is 2. The van der Waals surface area contributed by atoms with Gasteiger partial charge in [-0.05, 0) is 60.0 Å². The molecule has 0 saturated heterocycles. The summed E-state index contributed by atoms with van der Waals surface area (Å²) in [5, 5.41) is 3.02. The summed E-state index contributed by atoms with van der Waals surface area (Å²) >= 11 is 3.30. The van der Waals surface area contributed by atoms with Crippen LogP contribution in [-0.2, 0) is 10.0 Å². The van der Waals surface area contributed by atoms with Crippen molar-refractivity contribution in [1.82, 2.24) is 9.71 Å². The molecular formula is C14H20BrN3O2S. The molecule has 116 valence electrons. The van der Waals surface area contributed by atoms with Crippen LogP contribution in [0.3, 0.4) is 0 Å². The zero-order valence-corrected chi connectivity index (χ0v) is 14.4. The van der Waals surface area contributed by atoms with Gasteiger partial charge in [0.25, 0.3) is 0 Å². The summed E-state index contributed by atoms with van der Waals surface area (Å²) in [7, 11) is -3.55. The molecule has 3 unspecified atom stereocenters. The van der Waals surface area contributed by atoms with Gasteiger partial charge >= 0.3 is 0 Å². The van der Waals surface area contributed by atoms with Crippen molar-refractivity contribution in [3.05, 3.63) is 16.7 Å². The number of rotatable bonds is 5. The summed E-state index contributed by atoms with van der Waals surface area (Å²) in [6, 6.07) is 1.70. The van der Waals surface area contributed by atoms with Crippen molar-refractivity contribution in [2.24, 2.45) is 11.8 Å². The summed E-state index contributed by atoms with van der Waals surface area (Å²) < 4.78 is 29.0. The summed E-state index contributed by atoms with van der Waals surface area (Å²) in [5.74, 6) is 1.63. The smallest absolute Gasteiger partial charge is 0.244 e. The highest BCUT2D eigenvalue weighted by molar-refractivity contribution is 9.10. The minimum Gasteiger partial charge on any atom is -0.369 e. The van der Waals surface area contributed by atoms with Crippen LogP contribution in [-0.4, -0.2) is 26.0 Å². The predicted octanol–water partition coefficient (Wildman–Crippen LogP) is 2.74. The van der Waals surface area contributed by atoms with Gasteiger partial charge in [0.05, 0.1) is 0 Å². The maximum Gasteiger partial charge on any atom is 0.244 e. The average Bonchev–Trinajstić information content (AvgIpc) is 3.03. The SMILES string of the molecule is CCNc1ncc(Br)cc1S(=O)(=O)NC1CC2CCC1C2. The van der Waals surface area contributed by atoms with Crippen LogP contribution in [0.25, 0.3) is 0 Å². The molecule has 1 aromatic rings. The van der Waals surface area contributed by atoms with Gasteiger partial charge in [-0.2, -0.15) is 0 Å². The molecule has 3 rings (SSSR count). The number of pyridine rings is 1. The van der Waals surface area contributed by atoms with Gasteiger partial charge < -0.3 is 5.32 Å². The minimum absolute atomic E-state index is 0.0854. The van der Waals surface area contributed by atoms with Crippen LogP contribution in [0, 0.1) is 11.8 Å². The molecule has 1 heterocycles. The average molecular weight is 374 g/mol. The number of hydrogen-bond acceptors (Lipinski definition) is 4. The van der Waals surface area contributed by atoms with Crippen LogP contribution in [0.1, 0.15) is 32.6 Å². The normalized spacial score (nSPS) is 28.0. The molecule has 0 radical (unpaired) electrons. The molecular weight excluding hydrogens is 354 g/mol. The highest BCUT2D eigenvalue weighted by Crippen LogP contribution is 2.45. The Morgan fingerprint density at radius 1 is 1.38 bits per heavy atom. The van der Waals surface area contributed by atoms with Gasteiger partial charge in [-0.25, -0.2) is 18.1 Å². The lowest BCUT2D eigenvalue weighted by Gasteiger charge is -2.23. The van der Waals surface area contributed by atoms with Gasteiger partial charge in [0.2, 0.25) is 10.0 Å². The molecule has 3 atom stereocenters. The van der Waals surface area contributed by atoms with Gasteiger partial charge in [-0.1, -0.05) is 6.42 Å². The first-order chi connectivity index (χ1) is 9.99. The maximum atomic E-state index is 12.7. The Balaban J connectivity index is 1.86. The number of anilines is 1. The molecule has 0 amide bonds. The first-order valence-electron chi connectivity index (χ1n) is 7.41. The molecule has 2 aliphatic carbocycles. The Hall–Kier alpha value is -0.660. The van der Waals surface area contributed by atoms with E-state index >= 15 is 0 Å². The van der Waals surface area contributed by atoms with Crippen molar-refractivity contribution in [2.75, 3.05) is 11.9 Å². The van der Waals surface area contributed by atoms with Crippen molar-refractivity contribution in [1.29, 1.82) is 0 Å². The molecule has 2 aliphatic rings. The highest BCUT2D eigenvalue weighted by atomic mass is 79.9. The third-order valence-electron chi connectivity index (χ3n) is 4.50. The van der Waals surface area contributed by atoms with E-state index in [9.17, 15) is 8.42 Å². The molecule has 2 fully saturated rings. The van der Waals surface area contributed by atoms with Crippen LogP contribution < -0.4 is 10.0 Å². The molecule has 1 aromatic heterocycles. The Kier molecular flexibility index (Phi) is 4.25. The summed E-state index contributed by atoms with van der Waals surface area (Å²) in [5.41, 5.74) is 0. The van der Waals surface area contributed by atoms with Gasteiger partial charge in [0.1, 0.15) is 10.7 Å².